The van der Waals surface area contributed by atoms with Crippen molar-refractivity contribution in [1.29, 1.82) is 0 Å². The van der Waals surface area contributed by atoms with Gasteiger partial charge in [-0.05, 0) is 36.0 Å². The molecule has 1 amide bonds. The first-order valence-corrected chi connectivity index (χ1v) is 10.9. The van der Waals surface area contributed by atoms with Crippen LogP contribution in [0.4, 0.5) is 4.39 Å². The number of halogens is 1. The molecule has 0 atom stereocenters. The number of ether oxygens (including phenoxy) is 1. The summed E-state index contributed by atoms with van der Waals surface area (Å²) in [7, 11) is 0. The first-order valence-electron chi connectivity index (χ1n) is 10.5. The van der Waals surface area contributed by atoms with Gasteiger partial charge in [0, 0.05) is 39.3 Å². The van der Waals surface area contributed by atoms with Gasteiger partial charge in [-0.25, -0.2) is 9.07 Å². The highest BCUT2D eigenvalue weighted by atomic mass is 32.1. The van der Waals surface area contributed by atoms with Crippen molar-refractivity contribution in [3.05, 3.63) is 46.2 Å². The molecular weight excluding hydrogens is 419 g/mol. The van der Waals surface area contributed by atoms with Crippen LogP contribution in [0.25, 0.3) is 12.2 Å². The van der Waals surface area contributed by atoms with Crippen molar-refractivity contribution in [2.45, 2.75) is 6.67 Å². The highest BCUT2D eigenvalue weighted by Gasteiger charge is 2.23. The topological polar surface area (TPSA) is 69.6 Å². The Labute approximate surface area is 185 Å². The summed E-state index contributed by atoms with van der Waals surface area (Å²) >= 11 is 5.38. The number of nitrogens with one attached hydrogen (secondary N) is 1. The zero-order chi connectivity index (χ0) is 21.6. The molecule has 0 unspecified atom stereocenters. The maximum atomic E-state index is 13.0. The molecule has 0 aliphatic carbocycles. The molecule has 3 heterocycles. The minimum Gasteiger partial charge on any atom is -0.379 e. The van der Waals surface area contributed by atoms with Crippen molar-refractivity contribution < 1.29 is 13.9 Å². The van der Waals surface area contributed by atoms with Crippen molar-refractivity contribution in [3.8, 4) is 0 Å². The van der Waals surface area contributed by atoms with E-state index < -0.39 is 0 Å². The van der Waals surface area contributed by atoms with E-state index in [4.69, 9.17) is 17.0 Å². The van der Waals surface area contributed by atoms with E-state index in [1.807, 2.05) is 21.7 Å². The molecule has 0 spiro atoms. The fourth-order valence-corrected chi connectivity index (χ4v) is 3.88. The molecule has 2 saturated heterocycles. The van der Waals surface area contributed by atoms with Crippen LogP contribution in [0.3, 0.4) is 0 Å². The summed E-state index contributed by atoms with van der Waals surface area (Å²) in [6.45, 7) is 7.11. The van der Waals surface area contributed by atoms with Gasteiger partial charge in [0.05, 0.1) is 26.4 Å². The quantitative estimate of drug-likeness (QED) is 0.681. The molecule has 0 saturated carbocycles. The third kappa shape index (κ3) is 6.07. The van der Waals surface area contributed by atoms with Crippen LogP contribution in [0.2, 0.25) is 0 Å². The number of hydrogen-bond donors (Lipinski definition) is 1. The Bertz CT molecular complexity index is 959. The van der Waals surface area contributed by atoms with E-state index in [0.717, 1.165) is 31.7 Å². The Morgan fingerprint density at radius 3 is 2.48 bits per heavy atom. The minimum absolute atomic E-state index is 0.188. The average molecular weight is 447 g/mol. The van der Waals surface area contributed by atoms with Crippen LogP contribution in [0.5, 0.6) is 0 Å². The average Bonchev–Trinajstić information content (AvgIpc) is 3.13. The normalized spacial score (nSPS) is 18.7. The first-order chi connectivity index (χ1) is 15.1. The molecule has 8 nitrogen and oxygen atoms in total. The number of aromatic amines is 1. The zero-order valence-corrected chi connectivity index (χ0v) is 18.2. The molecule has 1 aromatic carbocycles. The number of carbonyl (C=O) groups excluding carboxylic acids is 1. The highest BCUT2D eigenvalue weighted by Crippen LogP contribution is 2.09. The maximum Gasteiger partial charge on any atom is 0.236 e. The number of aromatic nitrogens is 3. The Morgan fingerprint density at radius 1 is 1.06 bits per heavy atom. The van der Waals surface area contributed by atoms with E-state index in [0.29, 0.717) is 50.1 Å². The van der Waals surface area contributed by atoms with E-state index in [9.17, 15) is 9.18 Å². The number of benzene rings is 1. The van der Waals surface area contributed by atoms with Gasteiger partial charge in [-0.1, -0.05) is 18.2 Å². The number of amides is 1. The number of H-pyrrole nitrogens is 1. The van der Waals surface area contributed by atoms with Gasteiger partial charge in [-0.15, -0.1) is 0 Å². The molecule has 31 heavy (non-hydrogen) atoms. The fraction of sp³-hybridized carbons (Fsp3) is 0.476. The second-order valence-corrected chi connectivity index (χ2v) is 8.10. The molecule has 1 N–H and O–H groups in total. The van der Waals surface area contributed by atoms with Crippen LogP contribution in [0.15, 0.2) is 24.3 Å². The van der Waals surface area contributed by atoms with Gasteiger partial charge in [-0.2, -0.15) is 4.98 Å². The van der Waals surface area contributed by atoms with Gasteiger partial charge in [0.2, 0.25) is 10.7 Å². The van der Waals surface area contributed by atoms with Crippen molar-refractivity contribution in [2.75, 3.05) is 59.0 Å². The largest absolute Gasteiger partial charge is 0.379 e. The molecule has 0 bridgehead atoms. The second kappa shape index (κ2) is 10.3. The summed E-state index contributed by atoms with van der Waals surface area (Å²) in [4.78, 5) is 23.3. The van der Waals surface area contributed by atoms with Crippen molar-refractivity contribution in [2.24, 2.45) is 0 Å². The van der Waals surface area contributed by atoms with Crippen molar-refractivity contribution in [3.63, 3.8) is 0 Å². The van der Waals surface area contributed by atoms with Crippen molar-refractivity contribution >= 4 is 30.3 Å². The third-order valence-electron chi connectivity index (χ3n) is 5.53. The van der Waals surface area contributed by atoms with Crippen LogP contribution in [0.1, 0.15) is 11.4 Å². The number of carbonyl (C=O) groups is 1. The van der Waals surface area contributed by atoms with E-state index in [-0.39, 0.29) is 11.7 Å². The number of morpholine rings is 1. The molecule has 2 aliphatic heterocycles. The summed E-state index contributed by atoms with van der Waals surface area (Å²) in [6.07, 6.45) is 3.68. The molecule has 4 rings (SSSR count). The predicted molar refractivity (Wildman–Crippen MR) is 118 cm³/mol. The Kier molecular flexibility index (Phi) is 7.23. The molecular formula is C21H27FN6O2S. The highest BCUT2D eigenvalue weighted by molar-refractivity contribution is 7.71. The monoisotopic (exact) mass is 446 g/mol. The van der Waals surface area contributed by atoms with Gasteiger partial charge >= 0.3 is 0 Å². The predicted octanol–water partition coefficient (Wildman–Crippen LogP) is 1.68. The second-order valence-electron chi connectivity index (χ2n) is 7.73. The summed E-state index contributed by atoms with van der Waals surface area (Å²) in [5.74, 6) is 0.574. The molecule has 2 aromatic rings. The van der Waals surface area contributed by atoms with Crippen LogP contribution in [-0.4, -0.2) is 94.4 Å². The lowest BCUT2D eigenvalue weighted by molar-refractivity contribution is -0.135. The fourth-order valence-electron chi connectivity index (χ4n) is 3.68. The van der Waals surface area contributed by atoms with Crippen LogP contribution in [-0.2, 0) is 16.2 Å². The maximum absolute atomic E-state index is 13.0. The zero-order valence-electron chi connectivity index (χ0n) is 17.4. The number of piperazine rings is 1. The molecule has 1 aromatic heterocycles. The molecule has 0 radical (unpaired) electrons. The smallest absolute Gasteiger partial charge is 0.236 e. The van der Waals surface area contributed by atoms with Gasteiger partial charge in [-0.3, -0.25) is 19.7 Å². The van der Waals surface area contributed by atoms with Gasteiger partial charge in [0.25, 0.3) is 0 Å². The lowest BCUT2D eigenvalue weighted by Gasteiger charge is -2.36. The lowest BCUT2D eigenvalue weighted by Crippen LogP contribution is -2.52. The number of nitrogens with zero attached hydrogens (tertiary/aromatic N) is 5. The Morgan fingerprint density at radius 2 is 1.77 bits per heavy atom. The Hall–Kier alpha value is -2.40. The van der Waals surface area contributed by atoms with Gasteiger partial charge in [0.15, 0.2) is 0 Å². The lowest BCUT2D eigenvalue weighted by atomic mass is 10.2. The van der Waals surface area contributed by atoms with Gasteiger partial charge in [0.1, 0.15) is 11.6 Å². The summed E-state index contributed by atoms with van der Waals surface area (Å²) in [6, 6.07) is 6.26. The summed E-state index contributed by atoms with van der Waals surface area (Å²) < 4.78 is 20.7. The standard InChI is InChI=1S/C21H27FN6O2S/c22-18-4-1-17(2-5-18)3-6-19-23-21(31)28(24-19)16-26-7-9-27(10-8-26)20(29)15-25-11-13-30-14-12-25/h1-6H,7-16H2,(H,23,24,31). The number of hydrogen-bond acceptors (Lipinski definition) is 6. The van der Waals surface area contributed by atoms with E-state index in [1.54, 1.807) is 12.1 Å². The molecule has 166 valence electrons. The SMILES string of the molecule is O=C(CN1CCOCC1)N1CCN(Cn2[nH]c(C=Cc3ccc(F)cc3)nc2=S)CC1. The number of rotatable bonds is 6. The van der Waals surface area contributed by atoms with Crippen LogP contribution in [0, 0.1) is 10.6 Å². The Balaban J connectivity index is 1.27. The summed E-state index contributed by atoms with van der Waals surface area (Å²) in [5.41, 5.74) is 0.883. The van der Waals surface area contributed by atoms with E-state index in [2.05, 4.69) is 19.9 Å². The third-order valence-corrected chi connectivity index (χ3v) is 5.84. The van der Waals surface area contributed by atoms with Crippen LogP contribution >= 0.6 is 12.2 Å². The molecule has 2 aliphatic rings. The van der Waals surface area contributed by atoms with E-state index in [1.165, 1.54) is 12.1 Å². The summed E-state index contributed by atoms with van der Waals surface area (Å²) in [5, 5.41) is 3.20. The van der Waals surface area contributed by atoms with Crippen LogP contribution < -0.4 is 0 Å². The minimum atomic E-state index is -0.260. The molecule has 10 heteroatoms. The van der Waals surface area contributed by atoms with Gasteiger partial charge < -0.3 is 9.64 Å². The van der Waals surface area contributed by atoms with E-state index >= 15 is 0 Å². The first kappa shape index (κ1) is 21.8. The molecule has 2 fully saturated rings. The van der Waals surface area contributed by atoms with Crippen molar-refractivity contribution in [1.82, 2.24) is 29.5 Å².